The van der Waals surface area contributed by atoms with Crippen molar-refractivity contribution in [1.82, 2.24) is 5.43 Å². The Kier molecular flexibility index (Phi) is 7.68. The second kappa shape index (κ2) is 10.8. The summed E-state index contributed by atoms with van der Waals surface area (Å²) in [5.74, 6) is 1.10. The van der Waals surface area contributed by atoms with E-state index >= 15 is 0 Å². The second-order valence-corrected chi connectivity index (χ2v) is 7.02. The fourth-order valence-corrected chi connectivity index (χ4v) is 2.93. The lowest BCUT2D eigenvalue weighted by Crippen LogP contribution is -2.17. The van der Waals surface area contributed by atoms with Gasteiger partial charge in [-0.25, -0.2) is 5.43 Å². The number of carbonyl (C=O) groups excluding carboxylic acids is 1. The first kappa shape index (κ1) is 22.7. The molecule has 0 fully saturated rings. The summed E-state index contributed by atoms with van der Waals surface area (Å²) in [6.07, 6.45) is 1.45. The molecule has 0 aliphatic carbocycles. The summed E-state index contributed by atoms with van der Waals surface area (Å²) in [5, 5.41) is 13.4. The molecule has 0 spiro atoms. The van der Waals surface area contributed by atoms with E-state index in [9.17, 15) is 4.79 Å². The van der Waals surface area contributed by atoms with Gasteiger partial charge in [-0.05, 0) is 48.0 Å². The Hall–Kier alpha value is -4.02. The van der Waals surface area contributed by atoms with E-state index in [4.69, 9.17) is 31.1 Å². The molecule has 0 aromatic heterocycles. The highest BCUT2D eigenvalue weighted by Gasteiger charge is 2.10. The number of hydrogen-bond acceptors (Lipinski definition) is 6. The van der Waals surface area contributed by atoms with Crippen LogP contribution in [-0.2, 0) is 6.61 Å². The third-order valence-electron chi connectivity index (χ3n) is 4.43. The second-order valence-electron chi connectivity index (χ2n) is 6.58. The molecule has 162 valence electrons. The summed E-state index contributed by atoms with van der Waals surface area (Å²) in [6, 6.07) is 19.1. The van der Waals surface area contributed by atoms with Crippen LogP contribution in [0.5, 0.6) is 17.2 Å². The normalized spacial score (nSPS) is 10.4. The maximum Gasteiger partial charge on any atom is 0.271 e. The maximum atomic E-state index is 12.5. The van der Waals surface area contributed by atoms with E-state index in [0.29, 0.717) is 45.6 Å². The SMILES string of the molecule is COc1cc(OC)cc(C(=O)NN=Cc2cc(Cl)ccc2OCc2ccc(C#N)cc2)c1. The Bertz CT molecular complexity index is 1150. The quantitative estimate of drug-likeness (QED) is 0.401. The molecule has 1 amide bonds. The molecule has 0 saturated carbocycles. The van der Waals surface area contributed by atoms with Crippen LogP contribution in [0.3, 0.4) is 0 Å². The van der Waals surface area contributed by atoms with Gasteiger partial charge in [0.05, 0.1) is 32.1 Å². The van der Waals surface area contributed by atoms with E-state index in [1.807, 2.05) is 12.1 Å². The van der Waals surface area contributed by atoms with Gasteiger partial charge in [-0.15, -0.1) is 0 Å². The number of nitrogens with one attached hydrogen (secondary N) is 1. The predicted octanol–water partition coefficient (Wildman–Crippen LogP) is 4.57. The number of benzene rings is 3. The number of hydrogen-bond donors (Lipinski definition) is 1. The first-order valence-electron chi connectivity index (χ1n) is 9.50. The van der Waals surface area contributed by atoms with Gasteiger partial charge in [0.15, 0.2) is 0 Å². The topological polar surface area (TPSA) is 92.9 Å². The Balaban J connectivity index is 1.70. The number of rotatable bonds is 8. The summed E-state index contributed by atoms with van der Waals surface area (Å²) in [6.45, 7) is 0.296. The maximum absolute atomic E-state index is 12.5. The molecule has 0 aliphatic heterocycles. The number of methoxy groups -OCH3 is 2. The van der Waals surface area contributed by atoms with Crippen LogP contribution >= 0.6 is 11.6 Å². The molecule has 0 bridgehead atoms. The molecule has 32 heavy (non-hydrogen) atoms. The highest BCUT2D eigenvalue weighted by molar-refractivity contribution is 6.30. The summed E-state index contributed by atoms with van der Waals surface area (Å²) in [7, 11) is 3.01. The van der Waals surface area contributed by atoms with E-state index in [0.717, 1.165) is 5.56 Å². The van der Waals surface area contributed by atoms with Gasteiger partial charge in [0, 0.05) is 22.2 Å². The predicted molar refractivity (Wildman–Crippen MR) is 122 cm³/mol. The number of carbonyl (C=O) groups is 1. The van der Waals surface area contributed by atoms with E-state index in [-0.39, 0.29) is 0 Å². The smallest absolute Gasteiger partial charge is 0.271 e. The minimum atomic E-state index is -0.430. The molecule has 0 heterocycles. The van der Waals surface area contributed by atoms with E-state index in [2.05, 4.69) is 16.6 Å². The third kappa shape index (κ3) is 6.00. The lowest BCUT2D eigenvalue weighted by Gasteiger charge is -2.10. The number of amides is 1. The van der Waals surface area contributed by atoms with Crippen molar-refractivity contribution in [1.29, 1.82) is 5.26 Å². The van der Waals surface area contributed by atoms with Crippen LogP contribution in [0.4, 0.5) is 0 Å². The number of hydrazone groups is 1. The Labute approximate surface area is 190 Å². The zero-order valence-electron chi connectivity index (χ0n) is 17.5. The molecule has 1 N–H and O–H groups in total. The highest BCUT2D eigenvalue weighted by Crippen LogP contribution is 2.24. The number of halogens is 1. The number of nitriles is 1. The average molecular weight is 450 g/mol. The van der Waals surface area contributed by atoms with Gasteiger partial charge in [0.1, 0.15) is 23.9 Å². The van der Waals surface area contributed by atoms with Crippen molar-refractivity contribution in [3.8, 4) is 23.3 Å². The Morgan fingerprint density at radius 1 is 1.06 bits per heavy atom. The Morgan fingerprint density at radius 3 is 2.38 bits per heavy atom. The molecule has 3 aromatic carbocycles. The van der Waals surface area contributed by atoms with Crippen molar-refractivity contribution in [2.75, 3.05) is 14.2 Å². The lowest BCUT2D eigenvalue weighted by molar-refractivity contribution is 0.0954. The third-order valence-corrected chi connectivity index (χ3v) is 4.67. The van der Waals surface area contributed by atoms with Crippen molar-refractivity contribution >= 4 is 23.7 Å². The fourth-order valence-electron chi connectivity index (χ4n) is 2.75. The van der Waals surface area contributed by atoms with Crippen LogP contribution in [0.25, 0.3) is 0 Å². The van der Waals surface area contributed by atoms with Gasteiger partial charge >= 0.3 is 0 Å². The molecule has 0 atom stereocenters. The standard InChI is InChI=1S/C24H20ClN3O4/c1-30-21-10-18(11-22(12-21)31-2)24(29)28-27-14-19-9-20(25)7-8-23(19)32-15-17-5-3-16(13-26)4-6-17/h3-12,14H,15H2,1-2H3,(H,28,29). The summed E-state index contributed by atoms with van der Waals surface area (Å²) in [4.78, 5) is 12.5. The summed E-state index contributed by atoms with van der Waals surface area (Å²) in [5.41, 5.74) is 4.89. The monoisotopic (exact) mass is 449 g/mol. The van der Waals surface area contributed by atoms with E-state index < -0.39 is 5.91 Å². The van der Waals surface area contributed by atoms with Crippen LogP contribution in [0.2, 0.25) is 5.02 Å². The minimum Gasteiger partial charge on any atom is -0.497 e. The molecule has 0 saturated heterocycles. The zero-order valence-corrected chi connectivity index (χ0v) is 18.2. The van der Waals surface area contributed by atoms with E-state index in [1.165, 1.54) is 20.4 Å². The molecule has 0 radical (unpaired) electrons. The zero-order chi connectivity index (χ0) is 22.9. The molecule has 7 nitrogen and oxygen atoms in total. The lowest BCUT2D eigenvalue weighted by atomic mass is 10.1. The van der Waals surface area contributed by atoms with Gasteiger partial charge in [-0.2, -0.15) is 10.4 Å². The minimum absolute atomic E-state index is 0.296. The van der Waals surface area contributed by atoms with Crippen LogP contribution in [0.15, 0.2) is 65.8 Å². The van der Waals surface area contributed by atoms with Crippen LogP contribution in [0, 0.1) is 11.3 Å². The van der Waals surface area contributed by atoms with Crippen LogP contribution < -0.4 is 19.6 Å². The summed E-state index contributed by atoms with van der Waals surface area (Å²) < 4.78 is 16.2. The van der Waals surface area contributed by atoms with Gasteiger partial charge in [-0.3, -0.25) is 4.79 Å². The fraction of sp³-hybridized carbons (Fsp3) is 0.125. The van der Waals surface area contributed by atoms with Crippen molar-refractivity contribution in [3.05, 3.63) is 87.9 Å². The molecule has 8 heteroatoms. The molecular weight excluding hydrogens is 430 g/mol. The molecular formula is C24H20ClN3O4. The van der Waals surface area contributed by atoms with Crippen LogP contribution in [-0.4, -0.2) is 26.3 Å². The highest BCUT2D eigenvalue weighted by atomic mass is 35.5. The van der Waals surface area contributed by atoms with Gasteiger partial charge in [0.2, 0.25) is 0 Å². The number of nitrogens with zero attached hydrogens (tertiary/aromatic N) is 2. The van der Waals surface area contributed by atoms with Crippen molar-refractivity contribution in [2.45, 2.75) is 6.61 Å². The van der Waals surface area contributed by atoms with Gasteiger partial charge < -0.3 is 14.2 Å². The first-order valence-corrected chi connectivity index (χ1v) is 9.88. The van der Waals surface area contributed by atoms with Gasteiger partial charge in [-0.1, -0.05) is 23.7 Å². The first-order chi connectivity index (χ1) is 15.5. The van der Waals surface area contributed by atoms with Crippen molar-refractivity contribution in [2.24, 2.45) is 5.10 Å². The molecule has 0 unspecified atom stereocenters. The van der Waals surface area contributed by atoms with E-state index in [1.54, 1.807) is 48.5 Å². The molecule has 3 rings (SSSR count). The van der Waals surface area contributed by atoms with Crippen LogP contribution in [0.1, 0.15) is 27.0 Å². The summed E-state index contributed by atoms with van der Waals surface area (Å²) >= 11 is 6.11. The van der Waals surface area contributed by atoms with Crippen molar-refractivity contribution in [3.63, 3.8) is 0 Å². The average Bonchev–Trinajstić information content (AvgIpc) is 2.83. The number of ether oxygens (including phenoxy) is 3. The Morgan fingerprint density at radius 2 is 1.75 bits per heavy atom. The molecule has 0 aliphatic rings. The molecule has 3 aromatic rings. The largest absolute Gasteiger partial charge is 0.497 e. The van der Waals surface area contributed by atoms with Crippen molar-refractivity contribution < 1.29 is 19.0 Å². The van der Waals surface area contributed by atoms with Gasteiger partial charge in [0.25, 0.3) is 5.91 Å².